The van der Waals surface area contributed by atoms with Gasteiger partial charge in [-0.2, -0.15) is 4.31 Å². The van der Waals surface area contributed by atoms with Gasteiger partial charge in [-0.1, -0.05) is 0 Å². The van der Waals surface area contributed by atoms with Crippen molar-refractivity contribution in [2.24, 2.45) is 0 Å². The lowest BCUT2D eigenvalue weighted by molar-refractivity contribution is -0.144. The molecule has 2 saturated heterocycles. The van der Waals surface area contributed by atoms with E-state index in [-0.39, 0.29) is 38.6 Å². The van der Waals surface area contributed by atoms with Crippen LogP contribution in [0.3, 0.4) is 0 Å². The fraction of sp³-hybridized carbons (Fsp3) is 0.909. The van der Waals surface area contributed by atoms with E-state index in [0.717, 1.165) is 6.26 Å². The van der Waals surface area contributed by atoms with Crippen molar-refractivity contribution < 1.29 is 17.6 Å². The van der Waals surface area contributed by atoms with Gasteiger partial charge in [0.15, 0.2) is 0 Å². The van der Waals surface area contributed by atoms with Crippen molar-refractivity contribution in [1.82, 2.24) is 14.5 Å². The Morgan fingerprint density at radius 1 is 1.42 bits per heavy atom. The average Bonchev–Trinajstić information content (AvgIpc) is 2.74. The molecule has 0 bridgehead atoms. The number of rotatable bonds is 2. The maximum atomic E-state index is 14.4. The summed E-state index contributed by atoms with van der Waals surface area (Å²) in [5.41, 5.74) is -1.83. The van der Waals surface area contributed by atoms with E-state index in [4.69, 9.17) is 0 Å². The summed E-state index contributed by atoms with van der Waals surface area (Å²) in [6, 6.07) is -0.314. The number of hydrogen-bond donors (Lipinski definition) is 1. The van der Waals surface area contributed by atoms with Crippen molar-refractivity contribution in [3.8, 4) is 0 Å². The van der Waals surface area contributed by atoms with E-state index in [1.165, 1.54) is 9.21 Å². The number of nitrogens with one attached hydrogen (secondary N) is 1. The van der Waals surface area contributed by atoms with E-state index in [1.807, 2.05) is 0 Å². The van der Waals surface area contributed by atoms with Gasteiger partial charge in [0.25, 0.3) is 5.91 Å². The molecule has 2 heterocycles. The molecule has 110 valence electrons. The summed E-state index contributed by atoms with van der Waals surface area (Å²) in [6.45, 7) is 3.01. The lowest BCUT2D eigenvalue weighted by Crippen LogP contribution is -2.59. The van der Waals surface area contributed by atoms with Crippen LogP contribution in [0.15, 0.2) is 0 Å². The minimum Gasteiger partial charge on any atom is -0.337 e. The summed E-state index contributed by atoms with van der Waals surface area (Å²) < 4.78 is 38.8. The molecule has 0 aromatic carbocycles. The van der Waals surface area contributed by atoms with Gasteiger partial charge >= 0.3 is 0 Å². The van der Waals surface area contributed by atoms with Crippen LogP contribution in [0.1, 0.15) is 13.3 Å². The molecular weight excluding hydrogens is 273 g/mol. The first-order valence-corrected chi connectivity index (χ1v) is 8.25. The van der Waals surface area contributed by atoms with Crippen LogP contribution in [0.2, 0.25) is 0 Å². The first-order chi connectivity index (χ1) is 8.74. The Bertz CT molecular complexity index is 462. The summed E-state index contributed by atoms with van der Waals surface area (Å²) >= 11 is 0. The molecule has 0 aliphatic carbocycles. The highest BCUT2D eigenvalue weighted by Gasteiger charge is 2.45. The van der Waals surface area contributed by atoms with E-state index in [9.17, 15) is 17.6 Å². The molecule has 6 nitrogen and oxygen atoms in total. The summed E-state index contributed by atoms with van der Waals surface area (Å²) in [5, 5.41) is 2.85. The van der Waals surface area contributed by atoms with Crippen molar-refractivity contribution in [2.45, 2.75) is 25.1 Å². The number of halogens is 1. The number of amides is 1. The van der Waals surface area contributed by atoms with E-state index in [2.05, 4.69) is 5.32 Å². The molecule has 0 spiro atoms. The van der Waals surface area contributed by atoms with Crippen molar-refractivity contribution in [3.05, 3.63) is 0 Å². The zero-order valence-corrected chi connectivity index (χ0v) is 12.0. The maximum absolute atomic E-state index is 14.4. The van der Waals surface area contributed by atoms with E-state index >= 15 is 0 Å². The largest absolute Gasteiger partial charge is 0.337 e. The highest BCUT2D eigenvalue weighted by atomic mass is 32.2. The molecular formula is C11H20FN3O3S. The number of carbonyl (C=O) groups excluding carboxylic acids is 1. The highest BCUT2D eigenvalue weighted by molar-refractivity contribution is 7.88. The Morgan fingerprint density at radius 2 is 2.11 bits per heavy atom. The van der Waals surface area contributed by atoms with Gasteiger partial charge in [0, 0.05) is 38.6 Å². The van der Waals surface area contributed by atoms with Crippen LogP contribution in [-0.2, 0) is 14.8 Å². The zero-order valence-electron chi connectivity index (χ0n) is 11.2. The minimum atomic E-state index is -3.27. The molecule has 1 amide bonds. The van der Waals surface area contributed by atoms with Gasteiger partial charge in [-0.3, -0.25) is 4.79 Å². The topological polar surface area (TPSA) is 69.7 Å². The lowest BCUT2D eigenvalue weighted by atomic mass is 10.0. The Labute approximate surface area is 113 Å². The third kappa shape index (κ3) is 2.90. The van der Waals surface area contributed by atoms with E-state index < -0.39 is 21.6 Å². The quantitative estimate of drug-likeness (QED) is 0.722. The Morgan fingerprint density at radius 3 is 2.58 bits per heavy atom. The monoisotopic (exact) mass is 293 g/mol. The van der Waals surface area contributed by atoms with Crippen LogP contribution < -0.4 is 5.32 Å². The Balaban J connectivity index is 2.04. The third-order valence-electron chi connectivity index (χ3n) is 3.77. The number of carbonyl (C=O) groups is 1. The number of alkyl halides is 1. The van der Waals surface area contributed by atoms with Crippen LogP contribution in [0, 0.1) is 0 Å². The molecule has 2 atom stereocenters. The molecule has 2 unspecified atom stereocenters. The second kappa shape index (κ2) is 4.99. The van der Waals surface area contributed by atoms with Gasteiger partial charge in [-0.15, -0.1) is 0 Å². The third-order valence-corrected chi connectivity index (χ3v) is 5.16. The summed E-state index contributed by atoms with van der Waals surface area (Å²) in [6.07, 6.45) is 1.34. The molecule has 2 aliphatic heterocycles. The average molecular weight is 293 g/mol. The zero-order chi connectivity index (χ0) is 14.3. The smallest absolute Gasteiger partial charge is 0.261 e. The van der Waals surface area contributed by atoms with Crippen LogP contribution in [0.4, 0.5) is 4.39 Å². The Hall–Kier alpha value is -0.730. The first kappa shape index (κ1) is 14.7. The molecule has 2 aliphatic rings. The van der Waals surface area contributed by atoms with E-state index in [0.29, 0.717) is 6.54 Å². The number of hydrogen-bond acceptors (Lipinski definition) is 4. The van der Waals surface area contributed by atoms with Crippen molar-refractivity contribution >= 4 is 15.9 Å². The normalized spacial score (nSPS) is 33.6. The van der Waals surface area contributed by atoms with E-state index in [1.54, 1.807) is 6.92 Å². The van der Waals surface area contributed by atoms with Gasteiger partial charge in [-0.25, -0.2) is 12.8 Å². The minimum absolute atomic E-state index is 0.0481. The molecule has 0 saturated carbocycles. The molecule has 0 aromatic heterocycles. The van der Waals surface area contributed by atoms with Crippen molar-refractivity contribution in [2.75, 3.05) is 39.0 Å². The van der Waals surface area contributed by atoms with Crippen LogP contribution in [-0.4, -0.2) is 74.2 Å². The second-order valence-electron chi connectivity index (χ2n) is 5.37. The summed E-state index contributed by atoms with van der Waals surface area (Å²) in [7, 11) is -3.27. The standard InChI is InChI=1S/C11H20FN3O3S/c1-9-7-14(5-6-15(9)19(2,17)18)10(16)11(12)3-4-13-8-11/h9,13H,3-8H2,1-2H3. The number of sulfonamides is 1. The predicted octanol–water partition coefficient (Wildman–Crippen LogP) is -0.820. The SMILES string of the molecule is CC1CN(C(=O)C2(F)CCNC2)CCN1S(C)(=O)=O. The number of nitrogens with zero attached hydrogens (tertiary/aromatic N) is 2. The number of piperazine rings is 1. The molecule has 19 heavy (non-hydrogen) atoms. The highest BCUT2D eigenvalue weighted by Crippen LogP contribution is 2.24. The van der Waals surface area contributed by atoms with Gasteiger partial charge in [-0.05, 0) is 13.5 Å². The van der Waals surface area contributed by atoms with Crippen molar-refractivity contribution in [1.29, 1.82) is 0 Å². The fourth-order valence-electron chi connectivity index (χ4n) is 2.75. The predicted molar refractivity (Wildman–Crippen MR) is 68.9 cm³/mol. The fourth-order valence-corrected chi connectivity index (χ4v) is 3.88. The Kier molecular flexibility index (Phi) is 3.85. The molecule has 2 rings (SSSR count). The van der Waals surface area contributed by atoms with Gasteiger partial charge in [0.2, 0.25) is 15.7 Å². The summed E-state index contributed by atoms with van der Waals surface area (Å²) in [4.78, 5) is 13.6. The molecule has 8 heteroatoms. The second-order valence-corrected chi connectivity index (χ2v) is 7.30. The van der Waals surface area contributed by atoms with Crippen LogP contribution in [0.25, 0.3) is 0 Å². The van der Waals surface area contributed by atoms with Gasteiger partial charge in [0.05, 0.1) is 6.26 Å². The van der Waals surface area contributed by atoms with Crippen molar-refractivity contribution in [3.63, 3.8) is 0 Å². The first-order valence-electron chi connectivity index (χ1n) is 6.40. The summed E-state index contributed by atoms with van der Waals surface area (Å²) in [5.74, 6) is -0.516. The van der Waals surface area contributed by atoms with Crippen LogP contribution in [0.5, 0.6) is 0 Å². The maximum Gasteiger partial charge on any atom is 0.261 e. The lowest BCUT2D eigenvalue weighted by Gasteiger charge is -2.40. The van der Waals surface area contributed by atoms with Gasteiger partial charge in [0.1, 0.15) is 0 Å². The molecule has 1 N–H and O–H groups in total. The van der Waals surface area contributed by atoms with Crippen LogP contribution >= 0.6 is 0 Å². The molecule has 0 radical (unpaired) electrons. The molecule has 2 fully saturated rings. The molecule has 0 aromatic rings. The van der Waals surface area contributed by atoms with Gasteiger partial charge < -0.3 is 10.2 Å².